The summed E-state index contributed by atoms with van der Waals surface area (Å²) >= 11 is 0. The highest BCUT2D eigenvalue weighted by Crippen LogP contribution is 2.29. The molecule has 1 aliphatic carbocycles. The van der Waals surface area contributed by atoms with Crippen molar-refractivity contribution in [3.05, 3.63) is 41.2 Å². The summed E-state index contributed by atoms with van der Waals surface area (Å²) in [6.45, 7) is 0. The Kier molecular flexibility index (Phi) is 2.07. The lowest BCUT2D eigenvalue weighted by molar-refractivity contribution is 0.478. The van der Waals surface area contributed by atoms with E-state index in [4.69, 9.17) is 10.8 Å². The molecule has 2 nitrogen and oxygen atoms in total. The highest BCUT2D eigenvalue weighted by atomic mass is 16.2. The van der Waals surface area contributed by atoms with Crippen molar-refractivity contribution in [3.8, 4) is 0 Å². The monoisotopic (exact) mass is 175 g/mol. The molecule has 0 spiro atoms. The van der Waals surface area contributed by atoms with E-state index in [9.17, 15) is 0 Å². The van der Waals surface area contributed by atoms with Gasteiger partial charge in [0.25, 0.3) is 0 Å². The van der Waals surface area contributed by atoms with E-state index in [2.05, 4.69) is 12.1 Å². The van der Waals surface area contributed by atoms with Crippen LogP contribution in [0.1, 0.15) is 29.2 Å². The van der Waals surface area contributed by atoms with Crippen LogP contribution in [0.4, 0.5) is 0 Å². The molecule has 2 heteroatoms. The zero-order chi connectivity index (χ0) is 9.26. The van der Waals surface area contributed by atoms with Gasteiger partial charge in [-0.1, -0.05) is 18.2 Å². The smallest absolute Gasteiger partial charge is 0.0797 e. The summed E-state index contributed by atoms with van der Waals surface area (Å²) in [5.41, 5.74) is 9.52. The Balaban J connectivity index is 2.39. The summed E-state index contributed by atoms with van der Waals surface area (Å²) in [6.07, 6.45) is 4.85. The van der Waals surface area contributed by atoms with Gasteiger partial charge in [-0.2, -0.15) is 0 Å². The van der Waals surface area contributed by atoms with E-state index in [1.807, 2.05) is 6.07 Å². The van der Waals surface area contributed by atoms with Crippen molar-refractivity contribution in [1.29, 1.82) is 0 Å². The number of nitrogens with two attached hydrogens (primary N) is 1. The third-order valence-electron chi connectivity index (χ3n) is 2.56. The Morgan fingerprint density at radius 1 is 1.46 bits per heavy atom. The number of hydrogen-bond donors (Lipinski definition) is 2. The van der Waals surface area contributed by atoms with E-state index in [0.717, 1.165) is 24.7 Å². The molecule has 1 aliphatic rings. The Morgan fingerprint density at radius 3 is 3.08 bits per heavy atom. The molecule has 1 atom stereocenters. The predicted octanol–water partition coefficient (Wildman–Crippen LogP) is 2.16. The van der Waals surface area contributed by atoms with Crippen molar-refractivity contribution >= 4 is 6.08 Å². The first kappa shape index (κ1) is 8.32. The summed E-state index contributed by atoms with van der Waals surface area (Å²) < 4.78 is 0. The first-order chi connectivity index (χ1) is 6.31. The van der Waals surface area contributed by atoms with Crippen LogP contribution in [-0.4, -0.2) is 5.11 Å². The van der Waals surface area contributed by atoms with Gasteiger partial charge in [-0.05, 0) is 35.6 Å². The van der Waals surface area contributed by atoms with Crippen LogP contribution in [0.25, 0.3) is 6.08 Å². The lowest BCUT2D eigenvalue weighted by atomic mass is 10.1. The lowest BCUT2D eigenvalue weighted by Gasteiger charge is -2.04. The Morgan fingerprint density at radius 2 is 2.31 bits per heavy atom. The molecule has 3 N–H and O–H groups in total. The van der Waals surface area contributed by atoms with Crippen molar-refractivity contribution in [3.63, 3.8) is 0 Å². The maximum absolute atomic E-state index is 8.61. The second-order valence-electron chi connectivity index (χ2n) is 3.42. The molecule has 13 heavy (non-hydrogen) atoms. The van der Waals surface area contributed by atoms with Gasteiger partial charge in [0.05, 0.1) is 6.26 Å². The minimum Gasteiger partial charge on any atom is -0.516 e. The molecule has 0 radical (unpaired) electrons. The van der Waals surface area contributed by atoms with Gasteiger partial charge in [0, 0.05) is 6.04 Å². The van der Waals surface area contributed by atoms with Crippen LogP contribution in [0.15, 0.2) is 24.5 Å². The quantitative estimate of drug-likeness (QED) is 0.642. The number of fused-ring (bicyclic) bond motifs is 1. The van der Waals surface area contributed by atoms with Gasteiger partial charge in [0.2, 0.25) is 0 Å². The van der Waals surface area contributed by atoms with Crippen molar-refractivity contribution in [2.45, 2.75) is 18.9 Å². The molecular weight excluding hydrogens is 162 g/mol. The molecule has 0 amide bonds. The summed E-state index contributed by atoms with van der Waals surface area (Å²) in [7, 11) is 0. The molecule has 1 unspecified atom stereocenters. The van der Waals surface area contributed by atoms with Crippen LogP contribution < -0.4 is 5.73 Å². The fraction of sp³-hybridized carbons (Fsp3) is 0.273. The molecular formula is C11H13NO. The second kappa shape index (κ2) is 3.23. The van der Waals surface area contributed by atoms with Gasteiger partial charge in [0.1, 0.15) is 0 Å². The molecule has 0 aliphatic heterocycles. The van der Waals surface area contributed by atoms with Crippen LogP contribution in [-0.2, 0) is 6.42 Å². The predicted molar refractivity (Wildman–Crippen MR) is 53.4 cm³/mol. The van der Waals surface area contributed by atoms with Gasteiger partial charge in [-0.3, -0.25) is 0 Å². The van der Waals surface area contributed by atoms with Gasteiger partial charge >= 0.3 is 0 Å². The number of aryl methyl sites for hydroxylation is 1. The van der Waals surface area contributed by atoms with Crippen molar-refractivity contribution in [2.75, 3.05) is 0 Å². The average Bonchev–Trinajstić information content (AvgIpc) is 2.48. The average molecular weight is 175 g/mol. The molecule has 0 aromatic heterocycles. The lowest BCUT2D eigenvalue weighted by Crippen LogP contribution is -2.04. The molecule has 0 fully saturated rings. The van der Waals surface area contributed by atoms with E-state index in [1.54, 1.807) is 6.08 Å². The Labute approximate surface area is 77.7 Å². The third kappa shape index (κ3) is 1.45. The molecule has 0 saturated heterocycles. The summed E-state index contributed by atoms with van der Waals surface area (Å²) in [5.74, 6) is 0. The van der Waals surface area contributed by atoms with Crippen LogP contribution >= 0.6 is 0 Å². The minimum atomic E-state index is 0.210. The SMILES string of the molecule is NC1CCc2cc(/C=C/O)ccc21. The second-order valence-corrected chi connectivity index (χ2v) is 3.42. The molecule has 0 bridgehead atoms. The summed E-state index contributed by atoms with van der Waals surface area (Å²) in [4.78, 5) is 0. The normalized spacial score (nSPS) is 20.8. The number of benzene rings is 1. The zero-order valence-corrected chi connectivity index (χ0v) is 7.40. The van der Waals surface area contributed by atoms with E-state index < -0.39 is 0 Å². The Hall–Kier alpha value is -1.28. The highest BCUT2D eigenvalue weighted by Gasteiger charge is 2.18. The number of hydrogen-bond acceptors (Lipinski definition) is 2. The van der Waals surface area contributed by atoms with Crippen LogP contribution in [0.5, 0.6) is 0 Å². The first-order valence-electron chi connectivity index (χ1n) is 4.50. The zero-order valence-electron chi connectivity index (χ0n) is 7.40. The van der Waals surface area contributed by atoms with E-state index in [1.165, 1.54) is 11.1 Å². The maximum Gasteiger partial charge on any atom is 0.0797 e. The number of aliphatic hydroxyl groups is 1. The molecule has 2 rings (SSSR count). The number of rotatable bonds is 1. The molecule has 1 aromatic rings. The van der Waals surface area contributed by atoms with Gasteiger partial charge in [-0.15, -0.1) is 0 Å². The third-order valence-corrected chi connectivity index (χ3v) is 2.56. The van der Waals surface area contributed by atoms with Crippen molar-refractivity contribution < 1.29 is 5.11 Å². The van der Waals surface area contributed by atoms with Crippen LogP contribution in [0.2, 0.25) is 0 Å². The Bertz CT molecular complexity index is 344. The van der Waals surface area contributed by atoms with Gasteiger partial charge in [-0.25, -0.2) is 0 Å². The van der Waals surface area contributed by atoms with Gasteiger partial charge in [0.15, 0.2) is 0 Å². The van der Waals surface area contributed by atoms with E-state index >= 15 is 0 Å². The fourth-order valence-electron chi connectivity index (χ4n) is 1.86. The van der Waals surface area contributed by atoms with E-state index in [-0.39, 0.29) is 6.04 Å². The van der Waals surface area contributed by atoms with E-state index in [0.29, 0.717) is 0 Å². The first-order valence-corrected chi connectivity index (χ1v) is 4.50. The summed E-state index contributed by atoms with van der Waals surface area (Å²) in [6, 6.07) is 6.34. The van der Waals surface area contributed by atoms with Crippen molar-refractivity contribution in [1.82, 2.24) is 0 Å². The van der Waals surface area contributed by atoms with Gasteiger partial charge < -0.3 is 10.8 Å². The fourth-order valence-corrected chi connectivity index (χ4v) is 1.86. The maximum atomic E-state index is 8.61. The molecule has 0 heterocycles. The molecule has 1 aromatic carbocycles. The minimum absolute atomic E-state index is 0.210. The van der Waals surface area contributed by atoms with Crippen molar-refractivity contribution in [2.24, 2.45) is 5.73 Å². The number of aliphatic hydroxyl groups excluding tert-OH is 1. The highest BCUT2D eigenvalue weighted by molar-refractivity contribution is 5.52. The molecule has 68 valence electrons. The largest absolute Gasteiger partial charge is 0.516 e. The standard InChI is InChI=1S/C11H13NO/c12-11-4-2-9-7-8(5-6-13)1-3-10(9)11/h1,3,5-7,11,13H,2,4,12H2/b6-5+. The topological polar surface area (TPSA) is 46.2 Å². The van der Waals surface area contributed by atoms with Crippen LogP contribution in [0, 0.1) is 0 Å². The molecule has 0 saturated carbocycles. The summed E-state index contributed by atoms with van der Waals surface area (Å²) in [5, 5.41) is 8.61. The van der Waals surface area contributed by atoms with Crippen LogP contribution in [0.3, 0.4) is 0 Å².